The van der Waals surface area contributed by atoms with Crippen molar-refractivity contribution in [1.29, 1.82) is 0 Å². The maximum atomic E-state index is 9.67. The van der Waals surface area contributed by atoms with Gasteiger partial charge >= 0.3 is 0 Å². The third-order valence-corrected chi connectivity index (χ3v) is 4.23. The first-order valence-corrected chi connectivity index (χ1v) is 6.22. The first kappa shape index (κ1) is 11.3. The molecule has 3 N–H and O–H groups in total. The molecule has 2 aliphatic heterocycles. The molecule has 86 valence electrons. The summed E-state index contributed by atoms with van der Waals surface area (Å²) >= 11 is 5.01. The number of hydrogen-bond donors (Lipinski definition) is 2. The molecule has 2 heterocycles. The Hall–Kier alpha value is -0.190. The summed E-state index contributed by atoms with van der Waals surface area (Å²) in [5, 5.41) is 9.67. The average Bonchev–Trinajstić information content (AvgIpc) is 2.42. The molecule has 3 atom stereocenters. The fraction of sp³-hybridized carbons (Fsp3) is 0.909. The van der Waals surface area contributed by atoms with E-state index in [0.29, 0.717) is 23.0 Å². The second-order valence-electron chi connectivity index (χ2n) is 5.01. The normalized spacial score (nSPS) is 37.9. The zero-order valence-electron chi connectivity index (χ0n) is 9.22. The Kier molecular flexibility index (Phi) is 3.28. The van der Waals surface area contributed by atoms with Crippen molar-refractivity contribution in [3.8, 4) is 0 Å². The van der Waals surface area contributed by atoms with E-state index in [-0.39, 0.29) is 6.10 Å². The van der Waals surface area contributed by atoms with Gasteiger partial charge in [-0.05, 0) is 25.7 Å². The summed E-state index contributed by atoms with van der Waals surface area (Å²) in [4.78, 5) is 3.12. The second kappa shape index (κ2) is 4.36. The van der Waals surface area contributed by atoms with Crippen molar-refractivity contribution in [2.24, 2.45) is 11.7 Å². The Bertz CT molecular complexity index is 245. The van der Waals surface area contributed by atoms with E-state index in [1.54, 1.807) is 0 Å². The standard InChI is InChI=1S/C11H20N2OS/c1-7(11(12)15)6-13-8-2-3-9(13)5-10(14)4-8/h7-10,14H,2-6H2,1H3,(H2,12,15). The summed E-state index contributed by atoms with van der Waals surface area (Å²) in [5.41, 5.74) is 5.65. The number of nitrogens with two attached hydrogens (primary N) is 1. The SMILES string of the molecule is CC(CN1C2CCC1CC(O)C2)C(N)=S. The third-order valence-electron chi connectivity index (χ3n) is 3.83. The van der Waals surface area contributed by atoms with Crippen molar-refractivity contribution in [3.63, 3.8) is 0 Å². The van der Waals surface area contributed by atoms with Gasteiger partial charge in [-0.1, -0.05) is 19.1 Å². The van der Waals surface area contributed by atoms with Crippen LogP contribution in [0.25, 0.3) is 0 Å². The highest BCUT2D eigenvalue weighted by atomic mass is 32.1. The van der Waals surface area contributed by atoms with Gasteiger partial charge in [0, 0.05) is 24.5 Å². The minimum Gasteiger partial charge on any atom is -0.393 e. The Morgan fingerprint density at radius 1 is 1.47 bits per heavy atom. The van der Waals surface area contributed by atoms with Crippen LogP contribution in [0.2, 0.25) is 0 Å². The molecule has 15 heavy (non-hydrogen) atoms. The number of fused-ring (bicyclic) bond motifs is 2. The minimum atomic E-state index is -0.0844. The van der Waals surface area contributed by atoms with Gasteiger partial charge in [-0.2, -0.15) is 0 Å². The molecule has 0 aromatic carbocycles. The molecule has 0 saturated carbocycles. The molecule has 3 unspecified atom stereocenters. The van der Waals surface area contributed by atoms with Gasteiger partial charge in [0.1, 0.15) is 0 Å². The smallest absolute Gasteiger partial charge is 0.0768 e. The Labute approximate surface area is 96.6 Å². The number of nitrogens with zero attached hydrogens (tertiary/aromatic N) is 1. The quantitative estimate of drug-likeness (QED) is 0.705. The third kappa shape index (κ3) is 2.32. The molecule has 0 aromatic rings. The number of hydrogen-bond acceptors (Lipinski definition) is 3. The molecular formula is C11H20N2OS. The topological polar surface area (TPSA) is 49.5 Å². The van der Waals surface area contributed by atoms with Crippen LogP contribution in [0.1, 0.15) is 32.6 Å². The minimum absolute atomic E-state index is 0.0844. The molecule has 2 fully saturated rings. The fourth-order valence-electron chi connectivity index (χ4n) is 2.95. The lowest BCUT2D eigenvalue weighted by Gasteiger charge is -2.38. The van der Waals surface area contributed by atoms with Gasteiger partial charge in [0.05, 0.1) is 11.1 Å². The van der Waals surface area contributed by atoms with Gasteiger partial charge in [-0.3, -0.25) is 4.90 Å². The van der Waals surface area contributed by atoms with Crippen molar-refractivity contribution in [2.45, 2.75) is 50.8 Å². The van der Waals surface area contributed by atoms with E-state index in [1.165, 1.54) is 12.8 Å². The molecule has 3 nitrogen and oxygen atoms in total. The monoisotopic (exact) mass is 228 g/mol. The van der Waals surface area contributed by atoms with Crippen molar-refractivity contribution >= 4 is 17.2 Å². The highest BCUT2D eigenvalue weighted by molar-refractivity contribution is 7.80. The van der Waals surface area contributed by atoms with Crippen molar-refractivity contribution in [2.75, 3.05) is 6.54 Å². The van der Waals surface area contributed by atoms with Crippen molar-refractivity contribution < 1.29 is 5.11 Å². The second-order valence-corrected chi connectivity index (χ2v) is 5.48. The summed E-state index contributed by atoms with van der Waals surface area (Å²) < 4.78 is 0. The number of thiocarbonyl (C=S) groups is 1. The van der Waals surface area contributed by atoms with Crippen LogP contribution in [-0.2, 0) is 0 Å². The van der Waals surface area contributed by atoms with Crippen LogP contribution in [0.3, 0.4) is 0 Å². The Morgan fingerprint density at radius 3 is 2.47 bits per heavy atom. The van der Waals surface area contributed by atoms with Crippen LogP contribution in [0, 0.1) is 5.92 Å². The largest absolute Gasteiger partial charge is 0.393 e. The fourth-order valence-corrected chi connectivity index (χ4v) is 3.02. The summed E-state index contributed by atoms with van der Waals surface area (Å²) in [6.07, 6.45) is 4.23. The number of rotatable bonds is 3. The maximum Gasteiger partial charge on any atom is 0.0768 e. The van der Waals surface area contributed by atoms with Gasteiger partial charge in [0.2, 0.25) is 0 Å². The highest BCUT2D eigenvalue weighted by Crippen LogP contribution is 2.36. The van der Waals surface area contributed by atoms with E-state index in [1.807, 2.05) is 0 Å². The van der Waals surface area contributed by atoms with Gasteiger partial charge in [-0.15, -0.1) is 0 Å². The summed E-state index contributed by atoms with van der Waals surface area (Å²) in [6, 6.07) is 1.13. The molecule has 0 aromatic heterocycles. The number of aliphatic hydroxyl groups is 1. The highest BCUT2D eigenvalue weighted by Gasteiger charge is 2.40. The first-order chi connectivity index (χ1) is 7.08. The zero-order chi connectivity index (χ0) is 11.0. The van der Waals surface area contributed by atoms with E-state index < -0.39 is 0 Å². The Morgan fingerprint density at radius 2 is 2.00 bits per heavy atom. The lowest BCUT2D eigenvalue weighted by molar-refractivity contribution is 0.0323. The number of aliphatic hydroxyl groups excluding tert-OH is 1. The molecule has 2 bridgehead atoms. The van der Waals surface area contributed by atoms with E-state index in [0.717, 1.165) is 19.4 Å². The molecule has 4 heteroatoms. The molecular weight excluding hydrogens is 208 g/mol. The molecule has 0 amide bonds. The molecule has 0 spiro atoms. The number of piperidine rings is 1. The van der Waals surface area contributed by atoms with Crippen LogP contribution in [0.15, 0.2) is 0 Å². The predicted molar refractivity (Wildman–Crippen MR) is 64.7 cm³/mol. The van der Waals surface area contributed by atoms with Gasteiger partial charge in [-0.25, -0.2) is 0 Å². The zero-order valence-corrected chi connectivity index (χ0v) is 10.0. The van der Waals surface area contributed by atoms with E-state index >= 15 is 0 Å². The van der Waals surface area contributed by atoms with Crippen molar-refractivity contribution in [3.05, 3.63) is 0 Å². The molecule has 0 aliphatic carbocycles. The average molecular weight is 228 g/mol. The Balaban J connectivity index is 1.96. The van der Waals surface area contributed by atoms with Gasteiger partial charge in [0.15, 0.2) is 0 Å². The van der Waals surface area contributed by atoms with Crippen LogP contribution in [0.4, 0.5) is 0 Å². The maximum absolute atomic E-state index is 9.67. The first-order valence-electron chi connectivity index (χ1n) is 5.81. The van der Waals surface area contributed by atoms with Crippen LogP contribution < -0.4 is 5.73 Å². The van der Waals surface area contributed by atoms with Crippen LogP contribution in [0.5, 0.6) is 0 Å². The molecule has 2 rings (SSSR count). The van der Waals surface area contributed by atoms with E-state index in [2.05, 4.69) is 11.8 Å². The van der Waals surface area contributed by atoms with Crippen LogP contribution >= 0.6 is 12.2 Å². The molecule has 0 radical (unpaired) electrons. The summed E-state index contributed by atoms with van der Waals surface area (Å²) in [6.45, 7) is 3.06. The van der Waals surface area contributed by atoms with Gasteiger partial charge in [0.25, 0.3) is 0 Å². The molecule has 2 aliphatic rings. The van der Waals surface area contributed by atoms with Gasteiger partial charge < -0.3 is 10.8 Å². The van der Waals surface area contributed by atoms with E-state index in [4.69, 9.17) is 18.0 Å². The lowest BCUT2D eigenvalue weighted by Crippen LogP contribution is -2.47. The lowest BCUT2D eigenvalue weighted by atomic mass is 9.98. The van der Waals surface area contributed by atoms with E-state index in [9.17, 15) is 5.11 Å². The summed E-state index contributed by atoms with van der Waals surface area (Å²) in [5.74, 6) is 0.290. The van der Waals surface area contributed by atoms with Crippen molar-refractivity contribution in [1.82, 2.24) is 4.90 Å². The summed E-state index contributed by atoms with van der Waals surface area (Å²) in [7, 11) is 0. The predicted octanol–water partition coefficient (Wildman–Crippen LogP) is 0.896. The van der Waals surface area contributed by atoms with Crippen LogP contribution in [-0.4, -0.2) is 39.7 Å². The molecule has 2 saturated heterocycles.